The summed E-state index contributed by atoms with van der Waals surface area (Å²) in [5.74, 6) is 0. The lowest BCUT2D eigenvalue weighted by molar-refractivity contribution is 1.18. The van der Waals surface area contributed by atoms with Crippen molar-refractivity contribution in [1.82, 2.24) is 9.13 Å². The van der Waals surface area contributed by atoms with Gasteiger partial charge >= 0.3 is 0 Å². The molecule has 0 bridgehead atoms. The number of nitrogens with zero attached hydrogens (tertiary/aromatic N) is 2. The molecular formula is C49H34N2. The molecule has 0 atom stereocenters. The molecule has 8 aromatic carbocycles. The molecule has 0 unspecified atom stereocenters. The molecule has 10 rings (SSSR count). The molecule has 2 aromatic heterocycles. The summed E-state index contributed by atoms with van der Waals surface area (Å²) in [6.45, 7) is 0. The summed E-state index contributed by atoms with van der Waals surface area (Å²) in [5.41, 5.74) is 14.9. The van der Waals surface area contributed by atoms with Gasteiger partial charge in [0.2, 0.25) is 0 Å². The highest BCUT2D eigenvalue weighted by atomic mass is 15.0. The number of benzene rings is 8. The standard InChI is InChI=1S/C49H34N2/c1-3-17-38(18-4-1)50-46-25-13-11-23-42(46)44-32-36(27-29-48(44)50)40-21-9-7-15-34(40)31-35-16-8-10-22-41(35)37-28-30-49-45(33-37)43-24-12-14-26-47(43)51(49)39-19-5-2-6-20-39/h1-30,32-33H,31H2. The molecule has 0 N–H and O–H groups in total. The third-order valence-corrected chi connectivity index (χ3v) is 10.4. The number of fused-ring (bicyclic) bond motifs is 6. The zero-order chi connectivity index (χ0) is 33.7. The van der Waals surface area contributed by atoms with Crippen LogP contribution in [0.25, 0.3) is 77.2 Å². The Balaban J connectivity index is 1.07. The zero-order valence-electron chi connectivity index (χ0n) is 28.1. The van der Waals surface area contributed by atoms with E-state index in [1.54, 1.807) is 0 Å². The Kier molecular flexibility index (Phi) is 6.92. The second kappa shape index (κ2) is 12.0. The topological polar surface area (TPSA) is 9.86 Å². The van der Waals surface area contributed by atoms with Crippen LogP contribution in [0.3, 0.4) is 0 Å². The van der Waals surface area contributed by atoms with Crippen LogP contribution >= 0.6 is 0 Å². The first-order valence-corrected chi connectivity index (χ1v) is 17.7. The van der Waals surface area contributed by atoms with Crippen molar-refractivity contribution in [3.05, 3.63) is 205 Å². The van der Waals surface area contributed by atoms with Gasteiger partial charge in [-0.3, -0.25) is 0 Å². The van der Waals surface area contributed by atoms with E-state index in [1.165, 1.54) is 88.4 Å². The van der Waals surface area contributed by atoms with Gasteiger partial charge in [-0.05, 0) is 100 Å². The van der Waals surface area contributed by atoms with Crippen LogP contribution < -0.4 is 0 Å². The number of para-hydroxylation sites is 4. The average Bonchev–Trinajstić information content (AvgIpc) is 3.71. The summed E-state index contributed by atoms with van der Waals surface area (Å²) in [6, 6.07) is 70.6. The lowest BCUT2D eigenvalue weighted by Crippen LogP contribution is -1.96. The van der Waals surface area contributed by atoms with Gasteiger partial charge in [-0.2, -0.15) is 0 Å². The summed E-state index contributed by atoms with van der Waals surface area (Å²) in [7, 11) is 0. The largest absolute Gasteiger partial charge is 0.309 e. The molecule has 51 heavy (non-hydrogen) atoms. The van der Waals surface area contributed by atoms with Crippen LogP contribution in [0.2, 0.25) is 0 Å². The first-order valence-electron chi connectivity index (χ1n) is 17.7. The van der Waals surface area contributed by atoms with Crippen LogP contribution in [0.1, 0.15) is 11.1 Å². The molecule has 240 valence electrons. The number of rotatable bonds is 6. The second-order valence-corrected chi connectivity index (χ2v) is 13.3. The molecule has 0 saturated heterocycles. The van der Waals surface area contributed by atoms with Crippen molar-refractivity contribution >= 4 is 43.6 Å². The zero-order valence-corrected chi connectivity index (χ0v) is 28.1. The molecule has 0 fully saturated rings. The van der Waals surface area contributed by atoms with Crippen LogP contribution in [0.15, 0.2) is 194 Å². The summed E-state index contributed by atoms with van der Waals surface area (Å²) < 4.78 is 4.76. The van der Waals surface area contributed by atoms with E-state index < -0.39 is 0 Å². The van der Waals surface area contributed by atoms with Gasteiger partial charge in [-0.1, -0.05) is 133 Å². The van der Waals surface area contributed by atoms with Gasteiger partial charge in [0.1, 0.15) is 0 Å². The maximum atomic E-state index is 2.39. The van der Waals surface area contributed by atoms with Crippen molar-refractivity contribution in [2.24, 2.45) is 0 Å². The van der Waals surface area contributed by atoms with Crippen molar-refractivity contribution in [3.8, 4) is 33.6 Å². The third-order valence-electron chi connectivity index (χ3n) is 10.4. The van der Waals surface area contributed by atoms with E-state index in [9.17, 15) is 0 Å². The molecule has 0 spiro atoms. The maximum absolute atomic E-state index is 2.39. The average molecular weight is 651 g/mol. The fourth-order valence-corrected chi connectivity index (χ4v) is 8.11. The number of aromatic nitrogens is 2. The van der Waals surface area contributed by atoms with E-state index >= 15 is 0 Å². The third kappa shape index (κ3) is 4.87. The van der Waals surface area contributed by atoms with Gasteiger partial charge in [0, 0.05) is 32.9 Å². The predicted octanol–water partition coefficient (Wildman–Crippen LogP) is 12.8. The summed E-state index contributed by atoms with van der Waals surface area (Å²) >= 11 is 0. The normalized spacial score (nSPS) is 11.6. The molecule has 10 aromatic rings. The lowest BCUT2D eigenvalue weighted by atomic mass is 9.90. The van der Waals surface area contributed by atoms with Crippen LogP contribution in [0.4, 0.5) is 0 Å². The lowest BCUT2D eigenvalue weighted by Gasteiger charge is -2.14. The van der Waals surface area contributed by atoms with Crippen molar-refractivity contribution in [3.63, 3.8) is 0 Å². The van der Waals surface area contributed by atoms with E-state index in [0.29, 0.717) is 0 Å². The molecule has 0 aliphatic rings. The van der Waals surface area contributed by atoms with Crippen molar-refractivity contribution < 1.29 is 0 Å². The molecular weight excluding hydrogens is 617 g/mol. The van der Waals surface area contributed by atoms with E-state index in [0.717, 1.165) is 6.42 Å². The minimum Gasteiger partial charge on any atom is -0.309 e. The summed E-state index contributed by atoms with van der Waals surface area (Å²) in [4.78, 5) is 0. The first-order chi connectivity index (χ1) is 25.3. The van der Waals surface area contributed by atoms with Crippen LogP contribution in [-0.2, 0) is 6.42 Å². The highest BCUT2D eigenvalue weighted by Gasteiger charge is 2.17. The van der Waals surface area contributed by atoms with Crippen molar-refractivity contribution in [1.29, 1.82) is 0 Å². The van der Waals surface area contributed by atoms with Crippen molar-refractivity contribution in [2.45, 2.75) is 6.42 Å². The summed E-state index contributed by atoms with van der Waals surface area (Å²) in [5, 5.41) is 5.07. The fourth-order valence-electron chi connectivity index (χ4n) is 8.11. The fraction of sp³-hybridized carbons (Fsp3) is 0.0204. The number of hydrogen-bond donors (Lipinski definition) is 0. The van der Waals surface area contributed by atoms with Gasteiger partial charge < -0.3 is 9.13 Å². The molecule has 0 saturated carbocycles. The SMILES string of the molecule is c1ccc(-n2c3ccccc3c3cc(-c4ccccc4Cc4ccccc4-c4ccc5c(c4)c4ccccc4n5-c4ccccc4)ccc32)cc1. The van der Waals surface area contributed by atoms with E-state index in [-0.39, 0.29) is 0 Å². The molecule has 0 aliphatic heterocycles. The molecule has 2 heteroatoms. The maximum Gasteiger partial charge on any atom is 0.0541 e. The Morgan fingerprint density at radius 2 is 0.667 bits per heavy atom. The smallest absolute Gasteiger partial charge is 0.0541 e. The molecule has 2 nitrogen and oxygen atoms in total. The minimum absolute atomic E-state index is 0.833. The van der Waals surface area contributed by atoms with Crippen LogP contribution in [0.5, 0.6) is 0 Å². The van der Waals surface area contributed by atoms with Gasteiger partial charge in [0.25, 0.3) is 0 Å². The van der Waals surface area contributed by atoms with E-state index in [4.69, 9.17) is 0 Å². The Morgan fingerprint density at radius 1 is 0.294 bits per heavy atom. The molecule has 0 aliphatic carbocycles. The van der Waals surface area contributed by atoms with E-state index in [2.05, 4.69) is 203 Å². The van der Waals surface area contributed by atoms with Gasteiger partial charge in [0.15, 0.2) is 0 Å². The van der Waals surface area contributed by atoms with Crippen LogP contribution in [0, 0.1) is 0 Å². The molecule has 0 radical (unpaired) electrons. The Labute approximate surface area is 297 Å². The quantitative estimate of drug-likeness (QED) is 0.169. The van der Waals surface area contributed by atoms with Gasteiger partial charge in [-0.15, -0.1) is 0 Å². The minimum atomic E-state index is 0.833. The molecule has 0 amide bonds. The first kappa shape index (κ1) is 29.3. The Hall–Kier alpha value is -6.64. The summed E-state index contributed by atoms with van der Waals surface area (Å²) in [6.07, 6.45) is 0.833. The van der Waals surface area contributed by atoms with Crippen LogP contribution in [-0.4, -0.2) is 9.13 Å². The Bertz CT molecular complexity index is 2680. The van der Waals surface area contributed by atoms with E-state index in [1.807, 2.05) is 0 Å². The second-order valence-electron chi connectivity index (χ2n) is 13.3. The predicted molar refractivity (Wildman–Crippen MR) is 215 cm³/mol. The Morgan fingerprint density at radius 3 is 1.14 bits per heavy atom. The monoisotopic (exact) mass is 650 g/mol. The highest BCUT2D eigenvalue weighted by molar-refractivity contribution is 6.11. The molecule has 2 heterocycles. The number of hydrogen-bond acceptors (Lipinski definition) is 0. The highest BCUT2D eigenvalue weighted by Crippen LogP contribution is 2.38. The van der Waals surface area contributed by atoms with Gasteiger partial charge in [0.05, 0.1) is 22.1 Å². The van der Waals surface area contributed by atoms with Crippen molar-refractivity contribution in [2.75, 3.05) is 0 Å². The van der Waals surface area contributed by atoms with Gasteiger partial charge in [-0.25, -0.2) is 0 Å².